The Labute approximate surface area is 507 Å². The predicted molar refractivity (Wildman–Crippen MR) is 324 cm³/mol. The number of carbonyl (C=O) groups is 10. The molecule has 472 valence electrons. The van der Waals surface area contributed by atoms with Gasteiger partial charge in [-0.25, -0.2) is 0 Å². The summed E-state index contributed by atoms with van der Waals surface area (Å²) >= 11 is 8.05. The summed E-state index contributed by atoms with van der Waals surface area (Å²) in [6.45, 7) is 4.00. The highest BCUT2D eigenvalue weighted by Crippen LogP contribution is 2.28. The average Bonchev–Trinajstić information content (AvgIpc) is 1.95. The van der Waals surface area contributed by atoms with E-state index in [1.165, 1.54) is 24.3 Å². The van der Waals surface area contributed by atoms with E-state index in [-0.39, 0.29) is 130 Å². The van der Waals surface area contributed by atoms with Crippen molar-refractivity contribution in [1.29, 1.82) is 0 Å². The summed E-state index contributed by atoms with van der Waals surface area (Å²) in [5.74, 6) is -4.01. The normalized spacial score (nSPS) is 19.2. The molecule has 2 aliphatic heterocycles. The number of thiol groups is 2. The molecular weight excluding hydrogens is 1140 g/mol. The van der Waals surface area contributed by atoms with Crippen molar-refractivity contribution in [1.82, 2.24) is 63.4 Å². The minimum absolute atomic E-state index is 0.0180. The molecule has 2 aliphatic rings. The number of amides is 10. The number of phenols is 2. The van der Waals surface area contributed by atoms with E-state index in [1.807, 2.05) is 0 Å². The summed E-state index contributed by atoms with van der Waals surface area (Å²) in [7, 11) is 0. The molecule has 2 fully saturated rings. The monoisotopic (exact) mass is 1230 g/mol. The Hall–Kier alpha value is -6.76. The molecule has 10 amide bonds. The van der Waals surface area contributed by atoms with Gasteiger partial charge in [-0.3, -0.25) is 52.8 Å². The van der Waals surface area contributed by atoms with Gasteiger partial charge in [0.15, 0.2) is 0 Å². The number of benzene rings is 2. The number of nitrogens with two attached hydrogens (primary N) is 3. The van der Waals surface area contributed by atoms with Crippen LogP contribution in [-0.4, -0.2) is 187 Å². The smallest absolute Gasteiger partial charge is 0.242 e. The number of nitrogens with zero attached hydrogens (tertiary/aromatic N) is 1. The molecule has 0 spiro atoms. The summed E-state index contributed by atoms with van der Waals surface area (Å²) < 4.78 is 0. The van der Waals surface area contributed by atoms with Gasteiger partial charge in [-0.05, 0) is 73.9 Å². The predicted octanol–water partition coefficient (Wildman–Crippen LogP) is -2.97. The Bertz CT molecular complexity index is 2520. The second-order valence-corrected chi connectivity index (χ2v) is 22.3. The summed E-state index contributed by atoms with van der Waals surface area (Å²) in [4.78, 5) is 129. The lowest BCUT2D eigenvalue weighted by Crippen LogP contribution is -2.66. The van der Waals surface area contributed by atoms with Gasteiger partial charge in [-0.2, -0.15) is 25.3 Å². The maximum Gasteiger partial charge on any atom is 0.242 e. The first-order valence-electron chi connectivity index (χ1n) is 29.0. The molecule has 85 heavy (non-hydrogen) atoms. The lowest BCUT2D eigenvalue weighted by atomic mass is 10.0. The van der Waals surface area contributed by atoms with Crippen LogP contribution in [0.15, 0.2) is 48.5 Å². The largest absolute Gasteiger partial charge is 0.508 e. The van der Waals surface area contributed by atoms with Gasteiger partial charge >= 0.3 is 0 Å². The van der Waals surface area contributed by atoms with Crippen LogP contribution in [0.25, 0.3) is 0 Å². The minimum Gasteiger partial charge on any atom is -0.508 e. The van der Waals surface area contributed by atoms with E-state index in [4.69, 9.17) is 17.2 Å². The zero-order valence-electron chi connectivity index (χ0n) is 48.3. The summed E-state index contributed by atoms with van der Waals surface area (Å²) in [6.07, 6.45) is 4.32. The Morgan fingerprint density at radius 3 is 1.29 bits per heavy atom. The zero-order chi connectivity index (χ0) is 62.2. The van der Waals surface area contributed by atoms with Crippen molar-refractivity contribution in [2.45, 2.75) is 138 Å². The molecule has 1 unspecified atom stereocenters. The molecule has 2 aromatic carbocycles. The van der Waals surface area contributed by atoms with Gasteiger partial charge < -0.3 is 85.9 Å². The van der Waals surface area contributed by atoms with E-state index in [2.05, 4.69) is 88.6 Å². The van der Waals surface area contributed by atoms with Crippen LogP contribution in [0.1, 0.15) is 101 Å². The third kappa shape index (κ3) is 27.9. The number of hydrogen-bond acceptors (Lipinski definition) is 19. The molecule has 7 atom stereocenters. The fraction of sp³-hybridized carbons (Fsp3) is 0.607. The van der Waals surface area contributed by atoms with Crippen LogP contribution in [-0.2, 0) is 60.8 Å². The number of aromatic hydroxyl groups is 2. The number of rotatable bonds is 36. The quantitative estimate of drug-likeness (QED) is 0.0140. The average molecular weight is 1230 g/mol. The van der Waals surface area contributed by atoms with Crippen molar-refractivity contribution in [3.63, 3.8) is 0 Å². The van der Waals surface area contributed by atoms with Crippen molar-refractivity contribution in [3.8, 4) is 11.5 Å². The SMILES string of the molecule is NC(=O)[C@H](CS)NC(=O)CCCCCNC(=O)[C@H](Cc1ccc(O)cc1)NC(=O)CCCC(=O)N[C@@]1(N)CNCCNC[C@@]2(NC(=O)CCCC(=O)N[C@@H](Cc3ccc(O)cc3)C(=O)NCCCCCC(=O)N[C@@H](CS)C(N)=O)CN2CCNC1. The van der Waals surface area contributed by atoms with Crippen LogP contribution in [0.4, 0.5) is 0 Å². The molecule has 0 saturated carbocycles. The number of carbonyl (C=O) groups excluding carboxylic acids is 10. The van der Waals surface area contributed by atoms with Gasteiger partial charge in [-0.15, -0.1) is 0 Å². The van der Waals surface area contributed by atoms with Gasteiger partial charge in [0.05, 0.1) is 0 Å². The lowest BCUT2D eigenvalue weighted by Gasteiger charge is -2.31. The topological polar surface area (TPSA) is 425 Å². The third-order valence-corrected chi connectivity index (χ3v) is 14.9. The fourth-order valence-corrected chi connectivity index (χ4v) is 9.87. The van der Waals surface area contributed by atoms with Gasteiger partial charge in [-0.1, -0.05) is 37.1 Å². The van der Waals surface area contributed by atoms with Crippen molar-refractivity contribution >= 4 is 84.3 Å². The summed E-state index contributed by atoms with van der Waals surface area (Å²) in [5.41, 5.74) is 16.8. The molecule has 19 N–H and O–H groups in total. The molecule has 0 aromatic heterocycles. The van der Waals surface area contributed by atoms with E-state index in [0.29, 0.717) is 95.5 Å². The van der Waals surface area contributed by atoms with Crippen molar-refractivity contribution in [2.75, 3.05) is 77.0 Å². The molecule has 0 radical (unpaired) electrons. The van der Waals surface area contributed by atoms with E-state index in [9.17, 15) is 58.2 Å². The first-order valence-corrected chi connectivity index (χ1v) is 30.3. The molecule has 27 nitrogen and oxygen atoms in total. The van der Waals surface area contributed by atoms with Crippen LogP contribution in [0.3, 0.4) is 0 Å². The zero-order valence-corrected chi connectivity index (χ0v) is 50.1. The fourth-order valence-electron chi connectivity index (χ4n) is 9.32. The first-order chi connectivity index (χ1) is 40.6. The Morgan fingerprint density at radius 2 is 0.871 bits per heavy atom. The first kappa shape index (κ1) is 70.7. The number of hydrogen-bond donors (Lipinski definition) is 18. The van der Waals surface area contributed by atoms with Crippen molar-refractivity contribution < 1.29 is 58.2 Å². The van der Waals surface area contributed by atoms with Crippen LogP contribution < -0.4 is 75.7 Å². The summed E-state index contributed by atoms with van der Waals surface area (Å²) in [6, 6.07) is 8.97. The van der Waals surface area contributed by atoms with Crippen LogP contribution in [0, 0.1) is 0 Å². The van der Waals surface area contributed by atoms with E-state index < -0.39 is 70.9 Å². The van der Waals surface area contributed by atoms with Crippen LogP contribution >= 0.6 is 25.3 Å². The number of primary amides is 2. The highest BCUT2D eigenvalue weighted by atomic mass is 32.1. The Balaban J connectivity index is 1.17. The van der Waals surface area contributed by atoms with Crippen LogP contribution in [0.2, 0.25) is 0 Å². The molecule has 4 rings (SSSR count). The second kappa shape index (κ2) is 37.6. The maximum absolute atomic E-state index is 13.4. The van der Waals surface area contributed by atoms with E-state index in [1.54, 1.807) is 24.3 Å². The highest BCUT2D eigenvalue weighted by Gasteiger charge is 2.52. The van der Waals surface area contributed by atoms with Gasteiger partial charge in [0.2, 0.25) is 59.1 Å². The van der Waals surface area contributed by atoms with Crippen molar-refractivity contribution in [2.24, 2.45) is 17.2 Å². The molecule has 0 bridgehead atoms. The van der Waals surface area contributed by atoms with Gasteiger partial charge in [0.1, 0.15) is 47.0 Å². The number of unbranched alkanes of at least 4 members (excludes halogenated alkanes) is 4. The Kier molecular flexibility index (Phi) is 31.3. The second-order valence-electron chi connectivity index (χ2n) is 21.5. The van der Waals surface area contributed by atoms with Gasteiger partial charge in [0, 0.05) is 128 Å². The molecule has 2 saturated heterocycles. The van der Waals surface area contributed by atoms with E-state index in [0.717, 1.165) is 0 Å². The number of nitrogens with one attached hydrogen (secondary N) is 11. The molecule has 29 heteroatoms. The maximum atomic E-state index is 13.4. The molecule has 2 aromatic rings. The molecule has 2 heterocycles. The highest BCUT2D eigenvalue weighted by molar-refractivity contribution is 7.80. The lowest BCUT2D eigenvalue weighted by molar-refractivity contribution is -0.129. The minimum atomic E-state index is -1.20. The van der Waals surface area contributed by atoms with Gasteiger partial charge in [0.25, 0.3) is 0 Å². The molecular formula is C56H89N15O12S2. The van der Waals surface area contributed by atoms with Crippen molar-refractivity contribution in [3.05, 3.63) is 59.7 Å². The van der Waals surface area contributed by atoms with E-state index >= 15 is 0 Å². The Morgan fingerprint density at radius 1 is 0.494 bits per heavy atom. The van der Waals surface area contributed by atoms with Crippen LogP contribution in [0.5, 0.6) is 11.5 Å². The number of phenolic OH excluding ortho intramolecular Hbond substituents is 2. The molecule has 0 aliphatic carbocycles. The standard InChI is InChI=1S/C56H89N15O12S2/c57-51(80)43(31-84)67-45(74)9-3-1-5-23-63-53(82)41(29-37-15-19-39(72)20-16-37)65-47(76)11-7-13-49(78)69-55(59)33-60-25-26-61-35-56(36-71(56)28-27-62-34-55)70-50(79)14-8-12-48(77)66-42(30-38-17-21-40(73)22-18-38)54(83)64-24-6-2-4-10-46(75)68-44(32-85)52(58)81/h15-22,41-44,60-62,72-73,84-85H,1-14,23-36,59H2,(H2,57,80)(H2,58,81)(H,63,82)(H,64,83)(H,65,76)(H,66,77)(H,67,74)(H,68,75)(H,69,78)(H,70,79)/t41-,42-,43-,44-,55-,56-,71?/m0/s1. The third-order valence-electron chi connectivity index (χ3n) is 14.2. The summed E-state index contributed by atoms with van der Waals surface area (Å²) in [5, 5.41) is 52.0. The number of fused-ring (bicyclic) bond motifs is 1.